The Balaban J connectivity index is 1.48. The van der Waals surface area contributed by atoms with Crippen LogP contribution in [0.4, 0.5) is 22.0 Å². The van der Waals surface area contributed by atoms with Crippen LogP contribution < -0.4 is 15.4 Å². The highest BCUT2D eigenvalue weighted by molar-refractivity contribution is 7.89. The maximum Gasteiger partial charge on any atom is 0.458 e. The van der Waals surface area contributed by atoms with Crippen molar-refractivity contribution in [3.05, 3.63) is 101 Å². The van der Waals surface area contributed by atoms with E-state index in [0.717, 1.165) is 49.0 Å². The van der Waals surface area contributed by atoms with E-state index in [1.165, 1.54) is 0 Å². The van der Waals surface area contributed by atoms with Gasteiger partial charge in [0.1, 0.15) is 0 Å². The molecule has 0 aromatic heterocycles. The van der Waals surface area contributed by atoms with Gasteiger partial charge in [0.05, 0.1) is 17.0 Å². The van der Waals surface area contributed by atoms with Crippen molar-refractivity contribution in [2.24, 2.45) is 5.41 Å². The molecule has 4 rings (SSSR count). The van der Waals surface area contributed by atoms with Crippen LogP contribution in [0.15, 0.2) is 77.7 Å². The molecule has 3 aromatic rings. The number of benzene rings is 3. The maximum atomic E-state index is 13.7. The SMILES string of the molecule is CC(C)(C)CNCc1ccc2c(c1)CCC[C@H]2NC(=O)C[C@@H](NS(=O)(=O)c1ccc(C(F)(F)C(F)(F)F)cc1)c1ccccc1. The Kier molecular flexibility index (Phi) is 10.4. The van der Waals surface area contributed by atoms with Crippen LogP contribution in [0.3, 0.4) is 0 Å². The van der Waals surface area contributed by atoms with Crippen LogP contribution in [-0.2, 0) is 33.7 Å². The third-order valence-corrected chi connectivity index (χ3v) is 9.10. The van der Waals surface area contributed by atoms with E-state index >= 15 is 0 Å². The molecule has 0 bridgehead atoms. The summed E-state index contributed by atoms with van der Waals surface area (Å²) in [5.41, 5.74) is 2.58. The molecule has 0 unspecified atom stereocenters. The van der Waals surface area contributed by atoms with Crippen molar-refractivity contribution in [2.45, 2.75) is 82.1 Å². The Labute approximate surface area is 260 Å². The van der Waals surface area contributed by atoms with Gasteiger partial charge in [0.15, 0.2) is 0 Å². The van der Waals surface area contributed by atoms with Gasteiger partial charge in [-0.15, -0.1) is 0 Å². The molecule has 0 heterocycles. The average Bonchev–Trinajstić information content (AvgIpc) is 2.96. The standard InChI is InChI=1S/C33H38F5N3O3S/c1-31(2,3)21-39-20-22-12-17-27-24(18-22)10-7-11-28(27)40-30(42)19-29(23-8-5-4-6-9-23)41-45(43,44)26-15-13-25(14-16-26)32(34,35)33(36,37)38/h4-6,8-9,12-18,28-29,39,41H,7,10-11,19-21H2,1-3H3,(H,40,42)/t28-,29-/m1/s1. The summed E-state index contributed by atoms with van der Waals surface area (Å²) in [5.74, 6) is -5.55. The van der Waals surface area contributed by atoms with E-state index in [0.29, 0.717) is 29.8 Å². The van der Waals surface area contributed by atoms with Gasteiger partial charge in [-0.2, -0.15) is 22.0 Å². The number of amides is 1. The van der Waals surface area contributed by atoms with Crippen LogP contribution in [0.5, 0.6) is 0 Å². The van der Waals surface area contributed by atoms with Crippen LogP contribution in [0.1, 0.15) is 79.9 Å². The summed E-state index contributed by atoms with van der Waals surface area (Å²) < 4.78 is 94.6. The molecule has 0 aliphatic heterocycles. The topological polar surface area (TPSA) is 87.3 Å². The van der Waals surface area contributed by atoms with E-state index in [9.17, 15) is 35.2 Å². The second-order valence-corrected chi connectivity index (χ2v) is 14.3. The number of alkyl halides is 5. The van der Waals surface area contributed by atoms with Gasteiger partial charge in [0.25, 0.3) is 0 Å². The highest BCUT2D eigenvalue weighted by Crippen LogP contribution is 2.44. The van der Waals surface area contributed by atoms with Gasteiger partial charge in [0.2, 0.25) is 15.9 Å². The van der Waals surface area contributed by atoms with Gasteiger partial charge in [-0.05, 0) is 59.1 Å². The summed E-state index contributed by atoms with van der Waals surface area (Å²) in [6, 6.07) is 15.5. The largest absolute Gasteiger partial charge is 0.458 e. The number of aryl methyl sites for hydroxylation is 1. The zero-order valence-corrected chi connectivity index (χ0v) is 26.2. The number of carbonyl (C=O) groups excluding carboxylic acids is 1. The summed E-state index contributed by atoms with van der Waals surface area (Å²) in [6.07, 6.45) is -3.63. The number of rotatable bonds is 11. The van der Waals surface area contributed by atoms with Crippen molar-refractivity contribution in [2.75, 3.05) is 6.54 Å². The van der Waals surface area contributed by atoms with E-state index in [2.05, 4.69) is 42.2 Å². The van der Waals surface area contributed by atoms with Gasteiger partial charge in [-0.25, -0.2) is 13.1 Å². The highest BCUT2D eigenvalue weighted by atomic mass is 32.2. The molecule has 1 aliphatic rings. The summed E-state index contributed by atoms with van der Waals surface area (Å²) in [6.45, 7) is 8.09. The second kappa shape index (κ2) is 13.6. The molecule has 45 heavy (non-hydrogen) atoms. The summed E-state index contributed by atoms with van der Waals surface area (Å²) >= 11 is 0. The Morgan fingerprint density at radius 3 is 2.22 bits per heavy atom. The molecular weight excluding hydrogens is 613 g/mol. The molecule has 1 aliphatic carbocycles. The van der Waals surface area contributed by atoms with Gasteiger partial charge >= 0.3 is 12.1 Å². The molecule has 0 saturated carbocycles. The van der Waals surface area contributed by atoms with Crippen molar-refractivity contribution in [3.63, 3.8) is 0 Å². The fourth-order valence-corrected chi connectivity index (χ4v) is 6.55. The zero-order chi connectivity index (χ0) is 33.0. The van der Waals surface area contributed by atoms with Gasteiger partial charge in [-0.1, -0.05) is 81.4 Å². The molecule has 0 fully saturated rings. The fourth-order valence-electron chi connectivity index (χ4n) is 5.32. The average molecular weight is 652 g/mol. The smallest absolute Gasteiger partial charge is 0.349 e. The Morgan fingerprint density at radius 1 is 0.933 bits per heavy atom. The predicted octanol–water partition coefficient (Wildman–Crippen LogP) is 7.08. The van der Waals surface area contributed by atoms with Crippen molar-refractivity contribution in [1.29, 1.82) is 0 Å². The van der Waals surface area contributed by atoms with Gasteiger partial charge < -0.3 is 10.6 Å². The minimum Gasteiger partial charge on any atom is -0.349 e. The first-order chi connectivity index (χ1) is 21.0. The van der Waals surface area contributed by atoms with Crippen LogP contribution in [0.2, 0.25) is 0 Å². The summed E-state index contributed by atoms with van der Waals surface area (Å²) in [5, 5.41) is 6.51. The lowest BCUT2D eigenvalue weighted by Crippen LogP contribution is -2.36. The summed E-state index contributed by atoms with van der Waals surface area (Å²) in [4.78, 5) is 12.8. The van der Waals surface area contributed by atoms with Crippen molar-refractivity contribution in [1.82, 2.24) is 15.4 Å². The molecular formula is C33H38F5N3O3S. The molecule has 1 amide bonds. The van der Waals surface area contributed by atoms with Crippen molar-refractivity contribution >= 4 is 15.9 Å². The number of hydrogen-bond acceptors (Lipinski definition) is 4. The number of nitrogens with one attached hydrogen (secondary N) is 3. The van der Waals surface area contributed by atoms with E-state index in [4.69, 9.17) is 0 Å². The van der Waals surface area contributed by atoms with Crippen LogP contribution in [0, 0.1) is 5.41 Å². The second-order valence-electron chi connectivity index (χ2n) is 12.6. The van der Waals surface area contributed by atoms with E-state index in [-0.39, 0.29) is 17.9 Å². The van der Waals surface area contributed by atoms with Crippen LogP contribution in [0.25, 0.3) is 0 Å². The van der Waals surface area contributed by atoms with Crippen molar-refractivity contribution < 1.29 is 35.2 Å². The molecule has 3 aromatic carbocycles. The Hall–Kier alpha value is -3.35. The van der Waals surface area contributed by atoms with E-state index in [1.807, 2.05) is 12.1 Å². The molecule has 0 spiro atoms. The third-order valence-electron chi connectivity index (χ3n) is 7.61. The fraction of sp³-hybridized carbons (Fsp3) is 0.424. The lowest BCUT2D eigenvalue weighted by Gasteiger charge is -2.28. The number of hydrogen-bond donors (Lipinski definition) is 3. The van der Waals surface area contributed by atoms with Gasteiger partial charge in [-0.3, -0.25) is 4.79 Å². The van der Waals surface area contributed by atoms with E-state index < -0.39 is 44.5 Å². The van der Waals surface area contributed by atoms with Crippen molar-refractivity contribution in [3.8, 4) is 0 Å². The number of halogens is 5. The monoisotopic (exact) mass is 651 g/mol. The lowest BCUT2D eigenvalue weighted by atomic mass is 9.86. The highest BCUT2D eigenvalue weighted by Gasteiger charge is 2.58. The van der Waals surface area contributed by atoms with E-state index in [1.54, 1.807) is 30.3 Å². The maximum absolute atomic E-state index is 13.7. The normalized spacial score (nSPS) is 16.6. The minimum absolute atomic E-state index is 0.161. The first-order valence-corrected chi connectivity index (χ1v) is 16.2. The molecule has 6 nitrogen and oxygen atoms in total. The quantitative estimate of drug-likeness (QED) is 0.194. The Morgan fingerprint density at radius 2 is 1.60 bits per heavy atom. The minimum atomic E-state index is -5.83. The number of sulfonamides is 1. The lowest BCUT2D eigenvalue weighted by molar-refractivity contribution is -0.289. The van der Waals surface area contributed by atoms with Crippen LogP contribution >= 0.6 is 0 Å². The molecule has 3 N–H and O–H groups in total. The number of fused-ring (bicyclic) bond motifs is 1. The first-order valence-electron chi connectivity index (χ1n) is 14.7. The predicted molar refractivity (Wildman–Crippen MR) is 162 cm³/mol. The summed E-state index contributed by atoms with van der Waals surface area (Å²) in [7, 11) is -4.42. The van der Waals surface area contributed by atoms with Gasteiger partial charge in [0, 0.05) is 25.1 Å². The molecule has 244 valence electrons. The molecule has 0 saturated heterocycles. The van der Waals surface area contributed by atoms with Crippen LogP contribution in [-0.4, -0.2) is 27.0 Å². The third kappa shape index (κ3) is 8.89. The molecule has 0 radical (unpaired) electrons. The molecule has 12 heteroatoms. The number of carbonyl (C=O) groups is 1. The molecule has 2 atom stereocenters. The Bertz CT molecular complexity index is 1570. The zero-order valence-electron chi connectivity index (χ0n) is 25.3. The first kappa shape index (κ1) is 34.5.